The van der Waals surface area contributed by atoms with E-state index in [2.05, 4.69) is 25.6 Å². The van der Waals surface area contributed by atoms with Crippen molar-refractivity contribution in [2.75, 3.05) is 10.6 Å². The van der Waals surface area contributed by atoms with Gasteiger partial charge >= 0.3 is 6.18 Å². The predicted molar refractivity (Wildman–Crippen MR) is 95.2 cm³/mol. The topological polar surface area (TPSA) is 107 Å². The molecule has 1 fully saturated rings. The van der Waals surface area contributed by atoms with Crippen molar-refractivity contribution in [1.82, 2.24) is 15.0 Å². The number of nitrogens with one attached hydrogen (secondary N) is 2. The van der Waals surface area contributed by atoms with Crippen LogP contribution in [0.15, 0.2) is 24.7 Å². The number of hydrogen-bond donors (Lipinski definition) is 3. The van der Waals surface area contributed by atoms with Crippen molar-refractivity contribution in [3.05, 3.63) is 41.3 Å². The molecule has 0 aromatic carbocycles. The maximum Gasteiger partial charge on any atom is 0.416 e. The molecule has 2 aromatic rings. The average molecular weight is 392 g/mol. The zero-order valence-electron chi connectivity index (χ0n) is 14.9. The number of rotatable bonds is 5. The Balaban J connectivity index is 1.73. The molecular weight excluding hydrogens is 373 g/mol. The first-order valence-electron chi connectivity index (χ1n) is 8.82. The summed E-state index contributed by atoms with van der Waals surface area (Å²) >= 11 is 0. The summed E-state index contributed by atoms with van der Waals surface area (Å²) < 4.78 is 39.2. The Morgan fingerprint density at radius 2 is 1.96 bits per heavy atom. The number of aromatic nitrogens is 3. The number of aliphatic hydroxyl groups excluding tert-OH is 1. The Hall–Kier alpha value is -2.93. The summed E-state index contributed by atoms with van der Waals surface area (Å²) in [4.78, 5) is 12.0. The van der Waals surface area contributed by atoms with E-state index in [1.54, 1.807) is 0 Å². The first-order chi connectivity index (χ1) is 13.4. The van der Waals surface area contributed by atoms with Crippen LogP contribution in [-0.4, -0.2) is 32.2 Å². The zero-order chi connectivity index (χ0) is 20.1. The predicted octanol–water partition coefficient (Wildman–Crippen LogP) is 3.09. The van der Waals surface area contributed by atoms with Crippen LogP contribution in [0.25, 0.3) is 0 Å². The molecule has 0 aliphatic heterocycles. The molecular formula is C18H19F3N6O. The lowest BCUT2D eigenvalue weighted by molar-refractivity contribution is -0.138. The number of aliphatic hydroxyl groups is 1. The second-order valence-electron chi connectivity index (χ2n) is 6.60. The maximum absolute atomic E-state index is 13.1. The van der Waals surface area contributed by atoms with Gasteiger partial charge in [0.05, 0.1) is 17.9 Å². The summed E-state index contributed by atoms with van der Waals surface area (Å²) in [5.74, 6) is 0.429. The normalized spacial score (nSPS) is 19.7. The van der Waals surface area contributed by atoms with Crippen molar-refractivity contribution in [3.8, 4) is 6.07 Å². The molecule has 28 heavy (non-hydrogen) atoms. The lowest BCUT2D eigenvalue weighted by atomic mass is 9.93. The second-order valence-corrected chi connectivity index (χ2v) is 6.60. The summed E-state index contributed by atoms with van der Waals surface area (Å²) in [6, 6.07) is 2.98. The quantitative estimate of drug-likeness (QED) is 0.718. The van der Waals surface area contributed by atoms with Crippen molar-refractivity contribution >= 4 is 11.8 Å². The molecule has 0 bridgehead atoms. The van der Waals surface area contributed by atoms with Crippen LogP contribution in [0.5, 0.6) is 0 Å². The minimum atomic E-state index is -4.48. The Kier molecular flexibility index (Phi) is 5.94. The lowest BCUT2D eigenvalue weighted by Crippen LogP contribution is -2.29. The van der Waals surface area contributed by atoms with Crippen molar-refractivity contribution in [1.29, 1.82) is 5.26 Å². The average Bonchev–Trinajstić information content (AvgIpc) is 2.68. The van der Waals surface area contributed by atoms with Crippen molar-refractivity contribution in [2.45, 2.75) is 50.6 Å². The number of nitriles is 1. The van der Waals surface area contributed by atoms with Gasteiger partial charge in [0.1, 0.15) is 17.5 Å². The monoisotopic (exact) mass is 392 g/mol. The highest BCUT2D eigenvalue weighted by Crippen LogP contribution is 2.31. The minimum absolute atomic E-state index is 0.0289. The van der Waals surface area contributed by atoms with Gasteiger partial charge in [-0.25, -0.2) is 4.98 Å². The van der Waals surface area contributed by atoms with Gasteiger partial charge in [0, 0.05) is 30.5 Å². The first kappa shape index (κ1) is 19.8. The highest BCUT2D eigenvalue weighted by atomic mass is 19.4. The third kappa shape index (κ3) is 4.86. The van der Waals surface area contributed by atoms with Gasteiger partial charge in [-0.1, -0.05) is 0 Å². The first-order valence-corrected chi connectivity index (χ1v) is 8.82. The van der Waals surface area contributed by atoms with Crippen LogP contribution in [0.2, 0.25) is 0 Å². The van der Waals surface area contributed by atoms with Gasteiger partial charge in [0.2, 0.25) is 5.95 Å². The summed E-state index contributed by atoms with van der Waals surface area (Å²) in [7, 11) is 0. The number of pyridine rings is 1. The molecule has 148 valence electrons. The molecule has 1 saturated carbocycles. The van der Waals surface area contributed by atoms with E-state index >= 15 is 0 Å². The number of halogens is 3. The van der Waals surface area contributed by atoms with E-state index in [1.807, 2.05) is 6.07 Å². The third-order valence-electron chi connectivity index (χ3n) is 4.59. The molecule has 1 aliphatic rings. The molecule has 1 aliphatic carbocycles. The molecule has 3 N–H and O–H groups in total. The smallest absolute Gasteiger partial charge is 0.393 e. The number of hydrogen-bond acceptors (Lipinski definition) is 7. The van der Waals surface area contributed by atoms with E-state index in [0.717, 1.165) is 31.3 Å². The largest absolute Gasteiger partial charge is 0.416 e. The van der Waals surface area contributed by atoms with E-state index in [-0.39, 0.29) is 35.8 Å². The maximum atomic E-state index is 13.1. The Labute approximate surface area is 159 Å². The summed E-state index contributed by atoms with van der Waals surface area (Å²) in [5.41, 5.74) is -0.560. The van der Waals surface area contributed by atoms with Gasteiger partial charge in [0.15, 0.2) is 0 Å². The van der Waals surface area contributed by atoms with Crippen LogP contribution in [0, 0.1) is 11.3 Å². The molecule has 0 unspecified atom stereocenters. The molecule has 2 aromatic heterocycles. The molecule has 10 heteroatoms. The minimum Gasteiger partial charge on any atom is -0.393 e. The molecule has 0 amide bonds. The number of alkyl halides is 3. The van der Waals surface area contributed by atoms with Gasteiger partial charge in [-0.15, -0.1) is 0 Å². The van der Waals surface area contributed by atoms with Crippen LogP contribution in [0.4, 0.5) is 24.9 Å². The SMILES string of the molecule is N#Cc1cnc(NCc2cnccc2C(F)(F)F)nc1N[C@H]1CC[C@@H](O)CC1. The molecule has 0 atom stereocenters. The van der Waals surface area contributed by atoms with Gasteiger partial charge in [-0.3, -0.25) is 4.98 Å². The summed E-state index contributed by atoms with van der Waals surface area (Å²) in [5, 5.41) is 24.8. The number of nitrogens with zero attached hydrogens (tertiary/aromatic N) is 4. The molecule has 0 radical (unpaired) electrons. The van der Waals surface area contributed by atoms with Gasteiger partial charge in [-0.05, 0) is 31.7 Å². The van der Waals surface area contributed by atoms with Crippen LogP contribution in [-0.2, 0) is 12.7 Å². The Bertz CT molecular complexity index is 859. The van der Waals surface area contributed by atoms with Crippen LogP contribution < -0.4 is 10.6 Å². The van der Waals surface area contributed by atoms with E-state index in [9.17, 15) is 23.5 Å². The van der Waals surface area contributed by atoms with Crippen LogP contribution in [0.1, 0.15) is 42.4 Å². The van der Waals surface area contributed by atoms with E-state index < -0.39 is 11.7 Å². The van der Waals surface area contributed by atoms with Gasteiger partial charge < -0.3 is 15.7 Å². The standard InChI is InChI=1S/C18H19F3N6O/c19-18(20,21)15-5-6-23-8-12(15)10-25-17-24-9-11(7-22)16(27-17)26-13-1-3-14(28)4-2-13/h5-6,8-9,13-14,28H,1-4,10H2,(H2,24,25,26,27)/t13-,14+. The van der Waals surface area contributed by atoms with Gasteiger partial charge in [0.25, 0.3) is 0 Å². The van der Waals surface area contributed by atoms with Crippen LogP contribution in [0.3, 0.4) is 0 Å². The fourth-order valence-electron chi connectivity index (χ4n) is 3.09. The molecule has 7 nitrogen and oxygen atoms in total. The lowest BCUT2D eigenvalue weighted by Gasteiger charge is -2.26. The zero-order valence-corrected chi connectivity index (χ0v) is 14.9. The fraction of sp³-hybridized carbons (Fsp3) is 0.444. The van der Waals surface area contributed by atoms with E-state index in [4.69, 9.17) is 0 Å². The highest BCUT2D eigenvalue weighted by Gasteiger charge is 2.33. The molecule has 2 heterocycles. The summed E-state index contributed by atoms with van der Waals surface area (Å²) in [6.07, 6.45) is 1.58. The van der Waals surface area contributed by atoms with Crippen molar-refractivity contribution in [3.63, 3.8) is 0 Å². The summed E-state index contributed by atoms with van der Waals surface area (Å²) in [6.45, 7) is -0.163. The van der Waals surface area contributed by atoms with E-state index in [1.165, 1.54) is 6.20 Å². The van der Waals surface area contributed by atoms with Gasteiger partial charge in [-0.2, -0.15) is 23.4 Å². The molecule has 0 spiro atoms. The van der Waals surface area contributed by atoms with Crippen molar-refractivity contribution < 1.29 is 18.3 Å². The highest BCUT2D eigenvalue weighted by molar-refractivity contribution is 5.54. The Morgan fingerprint density at radius 1 is 1.21 bits per heavy atom. The Morgan fingerprint density at radius 3 is 2.64 bits per heavy atom. The van der Waals surface area contributed by atoms with Crippen LogP contribution >= 0.6 is 0 Å². The molecule has 0 saturated heterocycles. The fourth-order valence-corrected chi connectivity index (χ4v) is 3.09. The van der Waals surface area contributed by atoms with E-state index in [0.29, 0.717) is 18.7 Å². The molecule has 3 rings (SSSR count). The second kappa shape index (κ2) is 8.39. The third-order valence-corrected chi connectivity index (χ3v) is 4.59. The van der Waals surface area contributed by atoms with Crippen molar-refractivity contribution in [2.24, 2.45) is 0 Å². The number of anilines is 2.